The van der Waals surface area contributed by atoms with E-state index in [0.717, 1.165) is 0 Å². The fraction of sp³-hybridized carbons (Fsp3) is 0.333. The average molecular weight is 171 g/mol. The maximum absolute atomic E-state index is 2.48. The topological polar surface area (TPSA) is 4.93 Å². The molecule has 0 saturated heterocycles. The normalized spacial score (nSPS) is 15.2. The summed E-state index contributed by atoms with van der Waals surface area (Å²) < 4.78 is 2.48. The Kier molecular flexibility index (Phi) is 1.32. The molecule has 13 heavy (non-hydrogen) atoms. The molecule has 0 fully saturated rings. The largest absolute Gasteiger partial charge is 0.344 e. The Morgan fingerprint density at radius 3 is 3.15 bits per heavy atom. The van der Waals surface area contributed by atoms with Gasteiger partial charge in [0.15, 0.2) is 0 Å². The van der Waals surface area contributed by atoms with Crippen LogP contribution in [0, 0.1) is 6.92 Å². The predicted octanol–water partition coefficient (Wildman–Crippen LogP) is 2.90. The molecule has 0 atom stereocenters. The molecule has 1 heteroatoms. The van der Waals surface area contributed by atoms with Crippen molar-refractivity contribution in [1.82, 2.24) is 4.57 Å². The third-order valence-electron chi connectivity index (χ3n) is 3.02. The van der Waals surface area contributed by atoms with Crippen molar-refractivity contribution < 1.29 is 0 Å². The Hall–Kier alpha value is -1.24. The van der Waals surface area contributed by atoms with Crippen molar-refractivity contribution in [3.63, 3.8) is 0 Å². The molecule has 0 bridgehead atoms. The van der Waals surface area contributed by atoms with Crippen molar-refractivity contribution in [3.05, 3.63) is 35.5 Å². The first-order valence-electron chi connectivity index (χ1n) is 4.94. The molecule has 2 heterocycles. The minimum atomic E-state index is 1.21. The summed E-state index contributed by atoms with van der Waals surface area (Å²) in [6.07, 6.45) is 2.58. The Balaban J connectivity index is 2.46. The van der Waals surface area contributed by atoms with Gasteiger partial charge < -0.3 is 4.57 Å². The van der Waals surface area contributed by atoms with Gasteiger partial charge in [0.25, 0.3) is 0 Å². The van der Waals surface area contributed by atoms with Crippen LogP contribution in [-0.4, -0.2) is 4.57 Å². The SMILES string of the molecule is Cc1cccc2cc3n(c12)CCC3. The van der Waals surface area contributed by atoms with Crippen LogP contribution in [0.5, 0.6) is 0 Å². The fourth-order valence-electron chi connectivity index (χ4n) is 2.45. The third kappa shape index (κ3) is 0.873. The standard InChI is InChI=1S/C12H13N/c1-9-4-2-5-10-8-11-6-3-7-13(11)12(9)10/h2,4-5,8H,3,6-7H2,1H3. The molecule has 66 valence electrons. The number of para-hydroxylation sites is 1. The van der Waals surface area contributed by atoms with E-state index < -0.39 is 0 Å². The average Bonchev–Trinajstić information content (AvgIpc) is 2.62. The highest BCUT2D eigenvalue weighted by Crippen LogP contribution is 2.27. The molecule has 1 aromatic heterocycles. The molecule has 0 saturated carbocycles. The molecule has 2 aromatic rings. The molecule has 1 aliphatic heterocycles. The van der Waals surface area contributed by atoms with E-state index in [-0.39, 0.29) is 0 Å². The number of fused-ring (bicyclic) bond motifs is 3. The maximum atomic E-state index is 2.48. The van der Waals surface area contributed by atoms with Crippen molar-refractivity contribution in [3.8, 4) is 0 Å². The van der Waals surface area contributed by atoms with Crippen molar-refractivity contribution in [1.29, 1.82) is 0 Å². The van der Waals surface area contributed by atoms with Gasteiger partial charge in [0, 0.05) is 17.6 Å². The van der Waals surface area contributed by atoms with Crippen LogP contribution in [0.1, 0.15) is 17.7 Å². The van der Waals surface area contributed by atoms with Crippen LogP contribution in [0.2, 0.25) is 0 Å². The lowest BCUT2D eigenvalue weighted by Gasteiger charge is -2.02. The Morgan fingerprint density at radius 2 is 2.23 bits per heavy atom. The number of hydrogen-bond donors (Lipinski definition) is 0. The van der Waals surface area contributed by atoms with Gasteiger partial charge in [-0.3, -0.25) is 0 Å². The molecule has 1 nitrogen and oxygen atoms in total. The van der Waals surface area contributed by atoms with Gasteiger partial charge in [-0.15, -0.1) is 0 Å². The Bertz CT molecular complexity index is 465. The second-order valence-corrected chi connectivity index (χ2v) is 3.90. The van der Waals surface area contributed by atoms with E-state index in [1.54, 1.807) is 0 Å². The summed E-state index contributed by atoms with van der Waals surface area (Å²) in [5.41, 5.74) is 4.38. The lowest BCUT2D eigenvalue weighted by Crippen LogP contribution is -1.92. The van der Waals surface area contributed by atoms with Gasteiger partial charge in [0.05, 0.1) is 5.52 Å². The number of hydrogen-bond acceptors (Lipinski definition) is 0. The first kappa shape index (κ1) is 7.19. The van der Waals surface area contributed by atoms with E-state index >= 15 is 0 Å². The molecule has 1 aromatic carbocycles. The highest BCUT2D eigenvalue weighted by atomic mass is 15.0. The minimum absolute atomic E-state index is 1.21. The number of nitrogens with zero attached hydrogens (tertiary/aromatic N) is 1. The molecule has 1 aliphatic rings. The van der Waals surface area contributed by atoms with Gasteiger partial charge in [-0.1, -0.05) is 18.2 Å². The Morgan fingerprint density at radius 1 is 1.31 bits per heavy atom. The fourth-order valence-corrected chi connectivity index (χ4v) is 2.45. The molecule has 0 N–H and O–H groups in total. The quantitative estimate of drug-likeness (QED) is 0.574. The van der Waals surface area contributed by atoms with Gasteiger partial charge in [0.1, 0.15) is 0 Å². The molecule has 0 radical (unpaired) electrons. The number of aromatic nitrogens is 1. The highest BCUT2D eigenvalue weighted by Gasteiger charge is 2.14. The van der Waals surface area contributed by atoms with Gasteiger partial charge in [0.2, 0.25) is 0 Å². The van der Waals surface area contributed by atoms with Crippen molar-refractivity contribution in [2.45, 2.75) is 26.3 Å². The first-order chi connectivity index (χ1) is 6.36. The van der Waals surface area contributed by atoms with Crippen LogP contribution >= 0.6 is 0 Å². The van der Waals surface area contributed by atoms with Gasteiger partial charge >= 0.3 is 0 Å². The summed E-state index contributed by atoms with van der Waals surface area (Å²) in [6, 6.07) is 8.91. The summed E-state index contributed by atoms with van der Waals surface area (Å²) in [5, 5.41) is 1.41. The Labute approximate surface area is 78.0 Å². The number of rotatable bonds is 0. The molecular formula is C12H13N. The second kappa shape index (κ2) is 2.38. The molecule has 0 aliphatic carbocycles. The van der Waals surface area contributed by atoms with Crippen LogP contribution in [0.4, 0.5) is 0 Å². The lowest BCUT2D eigenvalue weighted by atomic mass is 10.1. The summed E-state index contributed by atoms with van der Waals surface area (Å²) >= 11 is 0. The van der Waals surface area contributed by atoms with E-state index in [9.17, 15) is 0 Å². The summed E-state index contributed by atoms with van der Waals surface area (Å²) in [6.45, 7) is 3.41. The number of benzene rings is 1. The van der Waals surface area contributed by atoms with Gasteiger partial charge in [-0.05, 0) is 31.4 Å². The smallest absolute Gasteiger partial charge is 0.0512 e. The van der Waals surface area contributed by atoms with Gasteiger partial charge in [-0.2, -0.15) is 0 Å². The zero-order chi connectivity index (χ0) is 8.84. The zero-order valence-corrected chi connectivity index (χ0v) is 7.88. The van der Waals surface area contributed by atoms with Crippen LogP contribution in [0.15, 0.2) is 24.3 Å². The van der Waals surface area contributed by atoms with Crippen LogP contribution in [0.25, 0.3) is 10.9 Å². The van der Waals surface area contributed by atoms with Crippen LogP contribution in [-0.2, 0) is 13.0 Å². The van der Waals surface area contributed by atoms with Gasteiger partial charge in [-0.25, -0.2) is 0 Å². The highest BCUT2D eigenvalue weighted by molar-refractivity contribution is 5.84. The summed E-state index contributed by atoms with van der Waals surface area (Å²) in [4.78, 5) is 0. The van der Waals surface area contributed by atoms with Crippen LogP contribution in [0.3, 0.4) is 0 Å². The molecule has 0 amide bonds. The lowest BCUT2D eigenvalue weighted by molar-refractivity contribution is 0.771. The first-order valence-corrected chi connectivity index (χ1v) is 4.94. The van der Waals surface area contributed by atoms with E-state index in [4.69, 9.17) is 0 Å². The molecule has 0 unspecified atom stereocenters. The third-order valence-corrected chi connectivity index (χ3v) is 3.02. The van der Waals surface area contributed by atoms with E-state index in [2.05, 4.69) is 35.8 Å². The number of aryl methyl sites for hydroxylation is 3. The van der Waals surface area contributed by atoms with E-state index in [0.29, 0.717) is 0 Å². The van der Waals surface area contributed by atoms with Crippen molar-refractivity contribution >= 4 is 10.9 Å². The van der Waals surface area contributed by atoms with E-state index in [1.807, 2.05) is 0 Å². The molecule has 3 rings (SSSR count). The zero-order valence-electron chi connectivity index (χ0n) is 7.88. The monoisotopic (exact) mass is 171 g/mol. The minimum Gasteiger partial charge on any atom is -0.344 e. The molecular weight excluding hydrogens is 158 g/mol. The van der Waals surface area contributed by atoms with Crippen molar-refractivity contribution in [2.24, 2.45) is 0 Å². The van der Waals surface area contributed by atoms with E-state index in [1.165, 1.54) is 41.5 Å². The van der Waals surface area contributed by atoms with Crippen molar-refractivity contribution in [2.75, 3.05) is 0 Å². The summed E-state index contributed by atoms with van der Waals surface area (Å²) in [5.74, 6) is 0. The van der Waals surface area contributed by atoms with Crippen LogP contribution < -0.4 is 0 Å². The molecule has 0 spiro atoms. The predicted molar refractivity (Wildman–Crippen MR) is 55.0 cm³/mol. The second-order valence-electron chi connectivity index (χ2n) is 3.90. The summed E-state index contributed by atoms with van der Waals surface area (Å²) in [7, 11) is 0. The maximum Gasteiger partial charge on any atom is 0.0512 e.